The van der Waals surface area contributed by atoms with E-state index in [1.807, 2.05) is 42.5 Å². The Kier molecular flexibility index (Phi) is 5.36. The van der Waals surface area contributed by atoms with Crippen LogP contribution in [0.15, 0.2) is 66.7 Å². The third-order valence-corrected chi connectivity index (χ3v) is 6.50. The van der Waals surface area contributed by atoms with Gasteiger partial charge < -0.3 is 19.5 Å². The summed E-state index contributed by atoms with van der Waals surface area (Å²) in [7, 11) is 1.58. The van der Waals surface area contributed by atoms with Crippen molar-refractivity contribution in [2.45, 2.75) is 5.37 Å². The number of amides is 2. The molecule has 32 heavy (non-hydrogen) atoms. The largest absolute Gasteiger partial charge is 0.497 e. The number of nitrogens with zero attached hydrogens (tertiary/aromatic N) is 1. The smallest absolute Gasteiger partial charge is 0.255 e. The van der Waals surface area contributed by atoms with E-state index in [1.165, 1.54) is 0 Å². The van der Waals surface area contributed by atoms with Gasteiger partial charge in [-0.3, -0.25) is 14.5 Å². The average Bonchev–Trinajstić information content (AvgIpc) is 3.45. The summed E-state index contributed by atoms with van der Waals surface area (Å²) in [6.45, 7) is 0.181. The molecular weight excluding hydrogens is 428 g/mol. The molecule has 0 saturated carbocycles. The Balaban J connectivity index is 1.38. The number of carbonyl (C=O) groups excluding carboxylic acids is 2. The molecule has 1 atom stereocenters. The number of methoxy groups -OCH3 is 1. The summed E-state index contributed by atoms with van der Waals surface area (Å²) in [5.41, 5.74) is 2.87. The van der Waals surface area contributed by atoms with E-state index < -0.39 is 0 Å². The summed E-state index contributed by atoms with van der Waals surface area (Å²) in [6, 6.07) is 20.0. The highest BCUT2D eigenvalue weighted by Gasteiger charge is 2.35. The van der Waals surface area contributed by atoms with Gasteiger partial charge in [0.15, 0.2) is 11.5 Å². The standard InChI is InChI=1S/C24H20N2O5S/c1-29-19-8-5-15(6-9-19)23(28)25-17-4-2-3-16(11-17)24-26(22(27)13-32-24)18-7-10-20-21(12-18)31-14-30-20/h2-12,24H,13-14H2,1H3,(H,25,28)/t24-/m1/s1. The lowest BCUT2D eigenvalue weighted by molar-refractivity contribution is -0.115. The molecule has 3 aromatic carbocycles. The maximum Gasteiger partial charge on any atom is 0.255 e. The molecule has 0 unspecified atom stereocenters. The number of benzene rings is 3. The summed E-state index contributed by atoms with van der Waals surface area (Å²) < 4.78 is 16.0. The highest BCUT2D eigenvalue weighted by atomic mass is 32.2. The number of hydrogen-bond acceptors (Lipinski definition) is 6. The number of nitrogens with one attached hydrogen (secondary N) is 1. The Bertz CT molecular complexity index is 1180. The van der Waals surface area contributed by atoms with Crippen LogP contribution in [0, 0.1) is 0 Å². The second-order valence-corrected chi connectivity index (χ2v) is 8.34. The summed E-state index contributed by atoms with van der Waals surface area (Å²) in [6.07, 6.45) is 0. The van der Waals surface area contributed by atoms with Gasteiger partial charge in [-0.15, -0.1) is 11.8 Å². The van der Waals surface area contributed by atoms with E-state index >= 15 is 0 Å². The molecule has 0 aliphatic carbocycles. The molecule has 0 spiro atoms. The second kappa shape index (κ2) is 8.47. The van der Waals surface area contributed by atoms with Crippen LogP contribution in [0.3, 0.4) is 0 Å². The number of carbonyl (C=O) groups is 2. The Morgan fingerprint density at radius 1 is 1.06 bits per heavy atom. The molecule has 1 N–H and O–H groups in total. The van der Waals surface area contributed by atoms with Gasteiger partial charge in [-0.05, 0) is 54.1 Å². The van der Waals surface area contributed by atoms with E-state index in [4.69, 9.17) is 14.2 Å². The minimum Gasteiger partial charge on any atom is -0.497 e. The molecule has 7 nitrogen and oxygen atoms in total. The van der Waals surface area contributed by atoms with Crippen molar-refractivity contribution in [2.75, 3.05) is 29.9 Å². The number of rotatable bonds is 5. The Morgan fingerprint density at radius 2 is 1.88 bits per heavy atom. The van der Waals surface area contributed by atoms with Gasteiger partial charge >= 0.3 is 0 Å². The van der Waals surface area contributed by atoms with Crippen molar-refractivity contribution >= 4 is 35.0 Å². The molecule has 0 radical (unpaired) electrons. The first-order chi connectivity index (χ1) is 15.6. The zero-order valence-corrected chi connectivity index (χ0v) is 18.1. The Hall–Kier alpha value is -3.65. The molecule has 0 bridgehead atoms. The van der Waals surface area contributed by atoms with E-state index in [0.717, 1.165) is 11.3 Å². The van der Waals surface area contributed by atoms with Crippen molar-refractivity contribution < 1.29 is 23.8 Å². The third-order valence-electron chi connectivity index (χ3n) is 5.28. The maximum atomic E-state index is 12.7. The Morgan fingerprint density at radius 3 is 2.69 bits per heavy atom. The second-order valence-electron chi connectivity index (χ2n) is 7.27. The minimum atomic E-state index is -0.215. The van der Waals surface area contributed by atoms with E-state index in [9.17, 15) is 9.59 Å². The fourth-order valence-electron chi connectivity index (χ4n) is 3.70. The van der Waals surface area contributed by atoms with Crippen LogP contribution in [0.5, 0.6) is 17.2 Å². The number of hydrogen-bond donors (Lipinski definition) is 1. The number of ether oxygens (including phenoxy) is 3. The van der Waals surface area contributed by atoms with Crippen molar-refractivity contribution in [3.63, 3.8) is 0 Å². The molecule has 8 heteroatoms. The van der Waals surface area contributed by atoms with Crippen LogP contribution in [0.4, 0.5) is 11.4 Å². The first-order valence-electron chi connectivity index (χ1n) is 10.0. The van der Waals surface area contributed by atoms with Gasteiger partial charge in [0.05, 0.1) is 12.9 Å². The van der Waals surface area contributed by atoms with Gasteiger partial charge in [0.1, 0.15) is 11.1 Å². The minimum absolute atomic E-state index is 0.0199. The first-order valence-corrected chi connectivity index (χ1v) is 11.1. The van der Waals surface area contributed by atoms with Crippen LogP contribution in [0.2, 0.25) is 0 Å². The predicted molar refractivity (Wildman–Crippen MR) is 123 cm³/mol. The maximum absolute atomic E-state index is 12.7. The lowest BCUT2D eigenvalue weighted by Crippen LogP contribution is -2.27. The van der Waals surface area contributed by atoms with Crippen LogP contribution in [0.1, 0.15) is 21.3 Å². The summed E-state index contributed by atoms with van der Waals surface area (Å²) >= 11 is 1.55. The van der Waals surface area contributed by atoms with Gasteiger partial charge in [-0.25, -0.2) is 0 Å². The predicted octanol–water partition coefficient (Wildman–Crippen LogP) is 4.45. The monoisotopic (exact) mass is 448 g/mol. The molecule has 2 amide bonds. The van der Waals surface area contributed by atoms with Crippen molar-refractivity contribution in [2.24, 2.45) is 0 Å². The number of fused-ring (bicyclic) bond motifs is 1. The lowest BCUT2D eigenvalue weighted by atomic mass is 10.1. The quantitative estimate of drug-likeness (QED) is 0.621. The molecule has 162 valence electrons. The topological polar surface area (TPSA) is 77.1 Å². The van der Waals surface area contributed by atoms with Gasteiger partial charge in [0.2, 0.25) is 12.7 Å². The molecule has 1 fully saturated rings. The highest BCUT2D eigenvalue weighted by Crippen LogP contribution is 2.45. The van der Waals surface area contributed by atoms with E-state index in [-0.39, 0.29) is 24.0 Å². The van der Waals surface area contributed by atoms with E-state index in [1.54, 1.807) is 48.0 Å². The summed E-state index contributed by atoms with van der Waals surface area (Å²) in [5, 5.41) is 2.72. The normalized spacial score (nSPS) is 16.8. The Labute approximate surface area is 189 Å². The van der Waals surface area contributed by atoms with E-state index in [2.05, 4.69) is 5.32 Å². The third kappa shape index (κ3) is 3.85. The molecular formula is C24H20N2O5S. The van der Waals surface area contributed by atoms with Crippen LogP contribution in [-0.2, 0) is 4.79 Å². The molecule has 2 heterocycles. The first kappa shape index (κ1) is 20.3. The number of anilines is 2. The fraction of sp³-hybridized carbons (Fsp3) is 0.167. The average molecular weight is 449 g/mol. The summed E-state index contributed by atoms with van der Waals surface area (Å²) in [5.74, 6) is 2.18. The fourth-order valence-corrected chi connectivity index (χ4v) is 4.87. The van der Waals surface area contributed by atoms with Gasteiger partial charge in [0, 0.05) is 23.0 Å². The van der Waals surface area contributed by atoms with Crippen LogP contribution in [0.25, 0.3) is 0 Å². The molecule has 3 aromatic rings. The molecule has 2 aliphatic heterocycles. The molecule has 0 aromatic heterocycles. The zero-order valence-electron chi connectivity index (χ0n) is 17.2. The zero-order chi connectivity index (χ0) is 22.1. The lowest BCUT2D eigenvalue weighted by Gasteiger charge is -2.25. The van der Waals surface area contributed by atoms with Gasteiger partial charge in [0.25, 0.3) is 5.91 Å². The molecule has 1 saturated heterocycles. The molecule has 5 rings (SSSR count). The van der Waals surface area contributed by atoms with Crippen molar-refractivity contribution in [1.29, 1.82) is 0 Å². The van der Waals surface area contributed by atoms with Crippen LogP contribution < -0.4 is 24.4 Å². The number of thioether (sulfide) groups is 1. The van der Waals surface area contributed by atoms with E-state index in [0.29, 0.717) is 34.3 Å². The van der Waals surface area contributed by atoms with Crippen LogP contribution in [-0.4, -0.2) is 31.5 Å². The van der Waals surface area contributed by atoms with Crippen molar-refractivity contribution in [1.82, 2.24) is 0 Å². The molecule has 2 aliphatic rings. The van der Waals surface area contributed by atoms with Crippen LogP contribution >= 0.6 is 11.8 Å². The van der Waals surface area contributed by atoms with Gasteiger partial charge in [-0.2, -0.15) is 0 Å². The van der Waals surface area contributed by atoms with Gasteiger partial charge in [-0.1, -0.05) is 12.1 Å². The SMILES string of the molecule is COc1ccc(C(=O)Nc2cccc([C@H]3SCC(=O)N3c3ccc4c(c3)OCO4)c2)cc1. The highest BCUT2D eigenvalue weighted by molar-refractivity contribution is 8.00. The van der Waals surface area contributed by atoms with Crippen molar-refractivity contribution in [3.8, 4) is 17.2 Å². The summed E-state index contributed by atoms with van der Waals surface area (Å²) in [4.78, 5) is 27.1. The van der Waals surface area contributed by atoms with Crippen molar-refractivity contribution in [3.05, 3.63) is 77.9 Å².